The lowest BCUT2D eigenvalue weighted by atomic mass is 10.0. The molecule has 0 atom stereocenters. The van der Waals surface area contributed by atoms with Crippen molar-refractivity contribution in [3.8, 4) is 0 Å². The van der Waals surface area contributed by atoms with Gasteiger partial charge in [0.15, 0.2) is 0 Å². The minimum atomic E-state index is 0.109. The Balaban J connectivity index is 1.51. The first-order chi connectivity index (χ1) is 13.6. The van der Waals surface area contributed by atoms with Crippen molar-refractivity contribution in [1.82, 2.24) is 19.8 Å². The molecule has 2 aromatic heterocycles. The van der Waals surface area contributed by atoms with E-state index in [9.17, 15) is 4.79 Å². The standard InChI is InChI=1S/C23H26N4O/c1-17(2)22-15-20(19-8-3-4-9-21(19)25-22)23(28)27-13-11-26(12-14-27)16-18-7-5-6-10-24-18/h3-10,15,17H,11-14,16H2,1-2H3. The molecular formula is C23H26N4O. The molecule has 28 heavy (non-hydrogen) atoms. The van der Waals surface area contributed by atoms with Gasteiger partial charge in [0.1, 0.15) is 0 Å². The average molecular weight is 374 g/mol. The number of hydrogen-bond acceptors (Lipinski definition) is 4. The lowest BCUT2D eigenvalue weighted by Gasteiger charge is -2.34. The van der Waals surface area contributed by atoms with Crippen molar-refractivity contribution in [3.63, 3.8) is 0 Å². The van der Waals surface area contributed by atoms with Crippen molar-refractivity contribution in [2.45, 2.75) is 26.3 Å². The van der Waals surface area contributed by atoms with Gasteiger partial charge in [-0.05, 0) is 30.2 Å². The van der Waals surface area contributed by atoms with Gasteiger partial charge < -0.3 is 4.90 Å². The second-order valence-corrected chi connectivity index (χ2v) is 7.66. The fraction of sp³-hybridized carbons (Fsp3) is 0.348. The second-order valence-electron chi connectivity index (χ2n) is 7.66. The maximum absolute atomic E-state index is 13.3. The highest BCUT2D eigenvalue weighted by atomic mass is 16.2. The van der Waals surface area contributed by atoms with E-state index in [2.05, 4.69) is 23.7 Å². The molecule has 1 amide bonds. The Hall–Kier alpha value is -2.79. The molecule has 1 saturated heterocycles. The number of carbonyl (C=O) groups excluding carboxylic acids is 1. The molecule has 1 aliphatic rings. The van der Waals surface area contributed by atoms with Crippen LogP contribution in [-0.2, 0) is 6.54 Å². The van der Waals surface area contributed by atoms with Gasteiger partial charge in [-0.1, -0.05) is 38.1 Å². The number of hydrogen-bond donors (Lipinski definition) is 0. The normalized spacial score (nSPS) is 15.3. The number of piperazine rings is 1. The van der Waals surface area contributed by atoms with Crippen LogP contribution in [0.25, 0.3) is 10.9 Å². The van der Waals surface area contributed by atoms with Crippen LogP contribution in [-0.4, -0.2) is 51.9 Å². The lowest BCUT2D eigenvalue weighted by Crippen LogP contribution is -2.48. The Morgan fingerprint density at radius 2 is 1.79 bits per heavy atom. The monoisotopic (exact) mass is 374 g/mol. The first kappa shape index (κ1) is 18.6. The number of benzene rings is 1. The molecule has 0 saturated carbocycles. The summed E-state index contributed by atoms with van der Waals surface area (Å²) in [6.07, 6.45) is 1.83. The molecule has 0 radical (unpaired) electrons. The van der Waals surface area contributed by atoms with Gasteiger partial charge in [-0.25, -0.2) is 0 Å². The summed E-state index contributed by atoms with van der Waals surface area (Å²) in [6.45, 7) is 8.26. The maximum Gasteiger partial charge on any atom is 0.254 e. The van der Waals surface area contributed by atoms with Crippen LogP contribution in [0, 0.1) is 0 Å². The van der Waals surface area contributed by atoms with Gasteiger partial charge >= 0.3 is 0 Å². The van der Waals surface area contributed by atoms with Gasteiger partial charge in [0.25, 0.3) is 5.91 Å². The van der Waals surface area contributed by atoms with Gasteiger partial charge in [0.05, 0.1) is 16.8 Å². The molecule has 1 aliphatic heterocycles. The third-order valence-electron chi connectivity index (χ3n) is 5.33. The quantitative estimate of drug-likeness (QED) is 0.698. The number of para-hydroxylation sites is 1. The summed E-state index contributed by atoms with van der Waals surface area (Å²) in [5, 5.41) is 0.938. The highest BCUT2D eigenvalue weighted by Crippen LogP contribution is 2.24. The molecule has 1 aromatic carbocycles. The minimum absolute atomic E-state index is 0.109. The zero-order valence-corrected chi connectivity index (χ0v) is 16.5. The Labute approximate surface area is 166 Å². The third kappa shape index (κ3) is 3.90. The molecule has 5 nitrogen and oxygen atoms in total. The fourth-order valence-corrected chi connectivity index (χ4v) is 3.67. The van der Waals surface area contributed by atoms with Gasteiger partial charge in [-0.15, -0.1) is 0 Å². The van der Waals surface area contributed by atoms with E-state index in [4.69, 9.17) is 4.98 Å². The zero-order chi connectivity index (χ0) is 19.5. The molecule has 144 valence electrons. The summed E-state index contributed by atoms with van der Waals surface area (Å²) < 4.78 is 0. The number of rotatable bonds is 4. The van der Waals surface area contributed by atoms with E-state index in [0.717, 1.165) is 60.6 Å². The minimum Gasteiger partial charge on any atom is -0.336 e. The molecule has 0 bridgehead atoms. The Kier molecular flexibility index (Phi) is 5.35. The fourth-order valence-electron chi connectivity index (χ4n) is 3.67. The lowest BCUT2D eigenvalue weighted by molar-refractivity contribution is 0.0629. The smallest absolute Gasteiger partial charge is 0.254 e. The topological polar surface area (TPSA) is 49.3 Å². The van der Waals surface area contributed by atoms with Gasteiger partial charge in [-0.2, -0.15) is 0 Å². The van der Waals surface area contributed by atoms with Crippen molar-refractivity contribution < 1.29 is 4.79 Å². The Morgan fingerprint density at radius 1 is 1.04 bits per heavy atom. The number of carbonyl (C=O) groups is 1. The van der Waals surface area contributed by atoms with Crippen LogP contribution < -0.4 is 0 Å². The van der Waals surface area contributed by atoms with E-state index >= 15 is 0 Å². The van der Waals surface area contributed by atoms with E-state index in [1.165, 1.54) is 0 Å². The van der Waals surface area contributed by atoms with Crippen molar-refractivity contribution in [2.24, 2.45) is 0 Å². The summed E-state index contributed by atoms with van der Waals surface area (Å²) in [4.78, 5) is 26.8. The molecule has 4 rings (SSSR count). The van der Waals surface area contributed by atoms with Crippen molar-refractivity contribution in [1.29, 1.82) is 0 Å². The first-order valence-corrected chi connectivity index (χ1v) is 9.93. The highest BCUT2D eigenvalue weighted by molar-refractivity contribution is 6.06. The molecule has 0 spiro atoms. The first-order valence-electron chi connectivity index (χ1n) is 9.93. The van der Waals surface area contributed by atoms with Gasteiger partial charge in [0, 0.05) is 50.0 Å². The average Bonchev–Trinajstić information content (AvgIpc) is 2.73. The molecule has 3 heterocycles. The summed E-state index contributed by atoms with van der Waals surface area (Å²) >= 11 is 0. The molecule has 1 fully saturated rings. The van der Waals surface area contributed by atoms with Crippen LogP contribution in [0.3, 0.4) is 0 Å². The van der Waals surface area contributed by atoms with Crippen molar-refractivity contribution in [3.05, 3.63) is 71.7 Å². The van der Waals surface area contributed by atoms with Crippen molar-refractivity contribution >= 4 is 16.8 Å². The van der Waals surface area contributed by atoms with Crippen LogP contribution in [0.1, 0.15) is 41.5 Å². The summed E-state index contributed by atoms with van der Waals surface area (Å²) in [5.74, 6) is 0.393. The summed E-state index contributed by atoms with van der Waals surface area (Å²) in [7, 11) is 0. The van der Waals surface area contributed by atoms with E-state index in [1.807, 2.05) is 59.6 Å². The molecule has 0 unspecified atom stereocenters. The summed E-state index contributed by atoms with van der Waals surface area (Å²) in [5.41, 5.74) is 3.71. The van der Waals surface area contributed by atoms with E-state index in [-0.39, 0.29) is 11.8 Å². The van der Waals surface area contributed by atoms with Gasteiger partial charge in [-0.3, -0.25) is 19.7 Å². The number of amides is 1. The van der Waals surface area contributed by atoms with Gasteiger partial charge in [0.2, 0.25) is 0 Å². The van der Waals surface area contributed by atoms with E-state index in [0.29, 0.717) is 0 Å². The van der Waals surface area contributed by atoms with E-state index < -0.39 is 0 Å². The Morgan fingerprint density at radius 3 is 2.50 bits per heavy atom. The molecule has 5 heteroatoms. The third-order valence-corrected chi connectivity index (χ3v) is 5.33. The van der Waals surface area contributed by atoms with Crippen LogP contribution in [0.5, 0.6) is 0 Å². The van der Waals surface area contributed by atoms with Crippen LogP contribution >= 0.6 is 0 Å². The van der Waals surface area contributed by atoms with Crippen LogP contribution in [0.15, 0.2) is 54.7 Å². The molecule has 0 aliphatic carbocycles. The number of aromatic nitrogens is 2. The van der Waals surface area contributed by atoms with Crippen molar-refractivity contribution in [2.75, 3.05) is 26.2 Å². The maximum atomic E-state index is 13.3. The van der Waals surface area contributed by atoms with Crippen LogP contribution in [0.4, 0.5) is 0 Å². The number of nitrogens with zero attached hydrogens (tertiary/aromatic N) is 4. The molecule has 0 N–H and O–H groups in total. The number of pyridine rings is 2. The van der Waals surface area contributed by atoms with Crippen LogP contribution in [0.2, 0.25) is 0 Å². The SMILES string of the molecule is CC(C)c1cc(C(=O)N2CCN(Cc3ccccn3)CC2)c2ccccc2n1. The molecular weight excluding hydrogens is 348 g/mol. The summed E-state index contributed by atoms with van der Waals surface area (Å²) in [6, 6.07) is 15.9. The Bertz CT molecular complexity index is 963. The zero-order valence-electron chi connectivity index (χ0n) is 16.5. The molecule has 3 aromatic rings. The highest BCUT2D eigenvalue weighted by Gasteiger charge is 2.24. The number of fused-ring (bicyclic) bond motifs is 1. The predicted molar refractivity (Wildman–Crippen MR) is 111 cm³/mol. The largest absolute Gasteiger partial charge is 0.336 e. The van der Waals surface area contributed by atoms with E-state index in [1.54, 1.807) is 0 Å². The predicted octanol–water partition coefficient (Wildman–Crippen LogP) is 3.71. The second kappa shape index (κ2) is 8.07.